The molecule has 0 heterocycles. The molecule has 1 aromatic rings. The van der Waals surface area contributed by atoms with Crippen molar-refractivity contribution in [1.82, 2.24) is 5.32 Å². The monoisotopic (exact) mass is 398 g/mol. The van der Waals surface area contributed by atoms with Crippen molar-refractivity contribution in [3.63, 3.8) is 0 Å². The molecule has 0 bridgehead atoms. The highest BCUT2D eigenvalue weighted by Gasteiger charge is 2.25. The second-order valence-electron chi connectivity index (χ2n) is 6.20. The van der Waals surface area contributed by atoms with Crippen molar-refractivity contribution >= 4 is 39.4 Å². The Morgan fingerprint density at radius 3 is 2.21 bits per heavy atom. The highest BCUT2D eigenvalue weighted by atomic mass is 79.9. The number of nitrogens with one attached hydrogen (secondary N) is 2. The third-order valence-corrected chi connectivity index (χ3v) is 3.96. The van der Waals surface area contributed by atoms with Crippen LogP contribution in [0.15, 0.2) is 28.7 Å². The van der Waals surface area contributed by atoms with Crippen molar-refractivity contribution in [1.29, 1.82) is 0 Å². The van der Waals surface area contributed by atoms with E-state index in [0.717, 1.165) is 4.47 Å². The maximum atomic E-state index is 12.3. The molecule has 0 radical (unpaired) electrons. The maximum Gasteiger partial charge on any atom is 0.319 e. The molecule has 0 aliphatic carbocycles. The number of aliphatic carboxylic acids is 1. The fourth-order valence-corrected chi connectivity index (χ4v) is 2.40. The summed E-state index contributed by atoms with van der Waals surface area (Å²) in [4.78, 5) is 35.3. The molecule has 0 aliphatic heterocycles. The Bertz CT molecular complexity index is 587. The van der Waals surface area contributed by atoms with Crippen molar-refractivity contribution in [3.05, 3.63) is 28.7 Å². The highest BCUT2D eigenvalue weighted by molar-refractivity contribution is 9.10. The largest absolute Gasteiger partial charge is 0.481 e. The van der Waals surface area contributed by atoms with Crippen LogP contribution in [0.1, 0.15) is 33.6 Å². The van der Waals surface area contributed by atoms with Gasteiger partial charge in [0.15, 0.2) is 5.78 Å². The summed E-state index contributed by atoms with van der Waals surface area (Å²) in [6.07, 6.45) is 0.351. The molecule has 0 spiro atoms. The van der Waals surface area contributed by atoms with E-state index in [0.29, 0.717) is 12.1 Å². The number of amides is 2. The van der Waals surface area contributed by atoms with Gasteiger partial charge in [-0.2, -0.15) is 0 Å². The van der Waals surface area contributed by atoms with Crippen LogP contribution < -0.4 is 10.6 Å². The number of carbonyl (C=O) groups is 3. The number of ketones is 1. The summed E-state index contributed by atoms with van der Waals surface area (Å²) < 4.78 is 0.893. The summed E-state index contributed by atoms with van der Waals surface area (Å²) in [7, 11) is 0. The maximum absolute atomic E-state index is 12.3. The third-order valence-electron chi connectivity index (χ3n) is 3.43. The van der Waals surface area contributed by atoms with Gasteiger partial charge in [0, 0.05) is 16.6 Å². The molecule has 0 aliphatic rings. The van der Waals surface area contributed by atoms with Crippen LogP contribution in [0.2, 0.25) is 0 Å². The zero-order chi connectivity index (χ0) is 18.3. The highest BCUT2D eigenvalue weighted by Crippen LogP contribution is 2.15. The molecule has 24 heavy (non-hydrogen) atoms. The average molecular weight is 399 g/mol. The van der Waals surface area contributed by atoms with E-state index in [1.807, 2.05) is 13.8 Å². The first kappa shape index (κ1) is 20.2. The molecule has 2 atom stereocenters. The van der Waals surface area contributed by atoms with Crippen molar-refractivity contribution in [3.8, 4) is 0 Å². The standard InChI is InChI=1S/C17H23BrN2O4/c1-10(2)8-14(15(21)9-11(3)16(22)23)20-17(24)19-13-6-4-12(18)5-7-13/h4-7,10-11,14H,8-9H2,1-3H3,(H,22,23)(H2,19,20,24)/t11-,14+/m1/s1. The zero-order valence-corrected chi connectivity index (χ0v) is 15.6. The van der Waals surface area contributed by atoms with Gasteiger partial charge in [0.1, 0.15) is 0 Å². The second kappa shape index (κ2) is 9.42. The van der Waals surface area contributed by atoms with Crippen LogP contribution in [-0.2, 0) is 9.59 Å². The Kier molecular flexibility index (Phi) is 7.91. The van der Waals surface area contributed by atoms with Crippen molar-refractivity contribution in [2.24, 2.45) is 11.8 Å². The van der Waals surface area contributed by atoms with Gasteiger partial charge in [-0.1, -0.05) is 36.7 Å². The minimum absolute atomic E-state index is 0.106. The summed E-state index contributed by atoms with van der Waals surface area (Å²) in [6, 6.07) is 5.86. The molecule has 0 saturated heterocycles. The van der Waals surface area contributed by atoms with Gasteiger partial charge in [-0.15, -0.1) is 0 Å². The SMILES string of the molecule is CC(C)C[C@H](NC(=O)Nc1ccc(Br)cc1)C(=O)C[C@@H](C)C(=O)O. The van der Waals surface area contributed by atoms with E-state index in [1.54, 1.807) is 24.3 Å². The Labute approximate surface area is 150 Å². The average Bonchev–Trinajstić information content (AvgIpc) is 2.48. The Morgan fingerprint density at radius 2 is 1.71 bits per heavy atom. The quantitative estimate of drug-likeness (QED) is 0.622. The van der Waals surface area contributed by atoms with Crippen LogP contribution in [0.5, 0.6) is 0 Å². The topological polar surface area (TPSA) is 95.5 Å². The molecule has 0 fully saturated rings. The van der Waals surface area contributed by atoms with E-state index >= 15 is 0 Å². The number of carboxylic acids is 1. The number of rotatable bonds is 8. The smallest absolute Gasteiger partial charge is 0.319 e. The number of halogens is 1. The molecular formula is C17H23BrN2O4. The van der Waals surface area contributed by atoms with Gasteiger partial charge in [-0.05, 0) is 36.6 Å². The molecule has 0 unspecified atom stereocenters. The molecular weight excluding hydrogens is 376 g/mol. The number of urea groups is 1. The molecule has 0 saturated carbocycles. The van der Waals surface area contributed by atoms with Crippen LogP contribution >= 0.6 is 15.9 Å². The van der Waals surface area contributed by atoms with Crippen LogP contribution in [0.4, 0.5) is 10.5 Å². The number of hydrogen-bond acceptors (Lipinski definition) is 3. The van der Waals surface area contributed by atoms with Gasteiger partial charge in [-0.3, -0.25) is 9.59 Å². The summed E-state index contributed by atoms with van der Waals surface area (Å²) >= 11 is 3.31. The summed E-state index contributed by atoms with van der Waals surface area (Å²) in [5.74, 6) is -1.88. The number of benzene rings is 1. The van der Waals surface area contributed by atoms with Crippen molar-refractivity contribution < 1.29 is 19.5 Å². The molecule has 2 amide bonds. The van der Waals surface area contributed by atoms with Gasteiger partial charge < -0.3 is 15.7 Å². The number of anilines is 1. The van der Waals surface area contributed by atoms with E-state index in [-0.39, 0.29) is 18.1 Å². The Balaban J connectivity index is 2.70. The van der Waals surface area contributed by atoms with E-state index in [1.165, 1.54) is 6.92 Å². The predicted molar refractivity (Wildman–Crippen MR) is 96.0 cm³/mol. The van der Waals surface area contributed by atoms with E-state index in [4.69, 9.17) is 5.11 Å². The van der Waals surface area contributed by atoms with E-state index in [9.17, 15) is 14.4 Å². The van der Waals surface area contributed by atoms with Crippen LogP contribution in [-0.4, -0.2) is 28.9 Å². The summed E-state index contributed by atoms with van der Waals surface area (Å²) in [5, 5.41) is 14.3. The Hall–Kier alpha value is -1.89. The number of carboxylic acid groups (broad SMARTS) is 1. The lowest BCUT2D eigenvalue weighted by Crippen LogP contribution is -2.44. The number of hydrogen-bond donors (Lipinski definition) is 3. The van der Waals surface area contributed by atoms with Crippen LogP contribution in [0, 0.1) is 11.8 Å². The summed E-state index contributed by atoms with van der Waals surface area (Å²) in [5.41, 5.74) is 0.602. The van der Waals surface area contributed by atoms with Gasteiger partial charge in [0.25, 0.3) is 0 Å². The lowest BCUT2D eigenvalue weighted by Gasteiger charge is -2.20. The number of carbonyl (C=O) groups excluding carboxylic acids is 2. The molecule has 1 aromatic carbocycles. The third kappa shape index (κ3) is 7.12. The molecule has 132 valence electrons. The molecule has 0 aromatic heterocycles. The van der Waals surface area contributed by atoms with E-state index in [2.05, 4.69) is 26.6 Å². The fourth-order valence-electron chi connectivity index (χ4n) is 2.13. The molecule has 6 nitrogen and oxygen atoms in total. The minimum atomic E-state index is -1.02. The fraction of sp³-hybridized carbons (Fsp3) is 0.471. The number of Topliss-reactive ketones (excluding diaryl/α,β-unsaturated/α-hetero) is 1. The zero-order valence-electron chi connectivity index (χ0n) is 14.0. The van der Waals surface area contributed by atoms with E-state index < -0.39 is 24.0 Å². The first-order valence-corrected chi connectivity index (χ1v) is 8.57. The minimum Gasteiger partial charge on any atom is -0.481 e. The van der Waals surface area contributed by atoms with Gasteiger partial charge in [0.2, 0.25) is 0 Å². The Morgan fingerprint density at radius 1 is 1.12 bits per heavy atom. The first-order chi connectivity index (χ1) is 11.2. The van der Waals surface area contributed by atoms with Crippen LogP contribution in [0.25, 0.3) is 0 Å². The lowest BCUT2D eigenvalue weighted by molar-refractivity contribution is -0.143. The summed E-state index contributed by atoms with van der Waals surface area (Å²) in [6.45, 7) is 5.36. The lowest BCUT2D eigenvalue weighted by atomic mass is 9.94. The van der Waals surface area contributed by atoms with Crippen LogP contribution in [0.3, 0.4) is 0 Å². The van der Waals surface area contributed by atoms with Gasteiger partial charge in [0.05, 0.1) is 12.0 Å². The van der Waals surface area contributed by atoms with Gasteiger partial charge >= 0.3 is 12.0 Å². The molecule has 3 N–H and O–H groups in total. The second-order valence-corrected chi connectivity index (χ2v) is 7.11. The first-order valence-electron chi connectivity index (χ1n) is 7.77. The normalized spacial score (nSPS) is 13.2. The van der Waals surface area contributed by atoms with Crippen molar-refractivity contribution in [2.45, 2.75) is 39.7 Å². The predicted octanol–water partition coefficient (Wildman–Crippen LogP) is 3.67. The van der Waals surface area contributed by atoms with Crippen molar-refractivity contribution in [2.75, 3.05) is 5.32 Å². The molecule has 1 rings (SSSR count). The van der Waals surface area contributed by atoms with Gasteiger partial charge in [-0.25, -0.2) is 4.79 Å². The molecule has 7 heteroatoms.